The number of halogens is 1. The third-order valence-corrected chi connectivity index (χ3v) is 5.35. The molecule has 0 spiro atoms. The number of allylic oxidation sites excluding steroid dienone is 1. The van der Waals surface area contributed by atoms with Crippen molar-refractivity contribution in [2.75, 3.05) is 0 Å². The standard InChI is InChI=1S/C20H24FNO2S/c1-3-4-6-11-19(21)20(17-9-7-5-8-10-17)22-25(23,24)18-14-12-16(2)13-15-18/h5,7-15,20,22H,3-4,6H2,1-2H3/b19-11-. The second kappa shape index (κ2) is 8.92. The maximum atomic E-state index is 14.7. The van der Waals surface area contributed by atoms with E-state index in [0.717, 1.165) is 18.4 Å². The number of sulfonamides is 1. The van der Waals surface area contributed by atoms with Gasteiger partial charge in [-0.2, -0.15) is 4.72 Å². The first-order chi connectivity index (χ1) is 11.9. The molecule has 0 saturated heterocycles. The lowest BCUT2D eigenvalue weighted by Gasteiger charge is -2.18. The van der Waals surface area contributed by atoms with Crippen LogP contribution in [0.2, 0.25) is 0 Å². The SMILES string of the molecule is CCCC/C=C(\F)C(NS(=O)(=O)c1ccc(C)cc1)c1ccccc1. The Morgan fingerprint density at radius 2 is 1.76 bits per heavy atom. The molecule has 2 aromatic rings. The molecule has 1 unspecified atom stereocenters. The zero-order valence-corrected chi connectivity index (χ0v) is 15.4. The summed E-state index contributed by atoms with van der Waals surface area (Å²) in [5, 5.41) is 0. The molecule has 0 amide bonds. The fraction of sp³-hybridized carbons (Fsp3) is 0.300. The summed E-state index contributed by atoms with van der Waals surface area (Å²) in [7, 11) is -3.83. The molecule has 0 heterocycles. The molecule has 25 heavy (non-hydrogen) atoms. The van der Waals surface area contributed by atoms with Gasteiger partial charge in [0.25, 0.3) is 0 Å². The molecule has 0 aliphatic carbocycles. The van der Waals surface area contributed by atoms with Crippen molar-refractivity contribution in [1.29, 1.82) is 0 Å². The predicted molar refractivity (Wildman–Crippen MR) is 99.4 cm³/mol. The van der Waals surface area contributed by atoms with Gasteiger partial charge in [0.1, 0.15) is 5.83 Å². The lowest BCUT2D eigenvalue weighted by molar-refractivity contribution is 0.506. The highest BCUT2D eigenvalue weighted by Gasteiger charge is 2.24. The van der Waals surface area contributed by atoms with Crippen LogP contribution in [0.15, 0.2) is 71.4 Å². The molecule has 0 radical (unpaired) electrons. The largest absolute Gasteiger partial charge is 0.241 e. The summed E-state index contributed by atoms with van der Waals surface area (Å²) in [4.78, 5) is 0.125. The summed E-state index contributed by atoms with van der Waals surface area (Å²) in [5.74, 6) is -0.477. The smallest absolute Gasteiger partial charge is 0.210 e. The molecule has 1 N–H and O–H groups in total. The molecule has 2 rings (SSSR count). The lowest BCUT2D eigenvalue weighted by Crippen LogP contribution is -2.29. The fourth-order valence-corrected chi connectivity index (χ4v) is 3.62. The van der Waals surface area contributed by atoms with Gasteiger partial charge in [0.05, 0.1) is 10.9 Å². The van der Waals surface area contributed by atoms with E-state index in [-0.39, 0.29) is 4.90 Å². The van der Waals surface area contributed by atoms with E-state index in [0.29, 0.717) is 12.0 Å². The van der Waals surface area contributed by atoms with E-state index in [9.17, 15) is 12.8 Å². The maximum absolute atomic E-state index is 14.7. The molecule has 0 aliphatic rings. The molecule has 0 saturated carbocycles. The van der Waals surface area contributed by atoms with Crippen LogP contribution in [-0.4, -0.2) is 8.42 Å². The number of hydrogen-bond acceptors (Lipinski definition) is 2. The molecule has 0 bridgehead atoms. The quantitative estimate of drug-likeness (QED) is 0.668. The van der Waals surface area contributed by atoms with Gasteiger partial charge < -0.3 is 0 Å². The average molecular weight is 361 g/mol. The Kier molecular flexibility index (Phi) is 6.91. The minimum atomic E-state index is -3.83. The van der Waals surface area contributed by atoms with Crippen LogP contribution < -0.4 is 4.72 Å². The van der Waals surface area contributed by atoms with Gasteiger partial charge in [-0.15, -0.1) is 0 Å². The van der Waals surface area contributed by atoms with Crippen LogP contribution in [0.5, 0.6) is 0 Å². The van der Waals surface area contributed by atoms with Crippen molar-refractivity contribution < 1.29 is 12.8 Å². The van der Waals surface area contributed by atoms with Crippen molar-refractivity contribution in [1.82, 2.24) is 4.72 Å². The first kappa shape index (κ1) is 19.3. The minimum absolute atomic E-state index is 0.125. The van der Waals surface area contributed by atoms with E-state index in [1.54, 1.807) is 36.4 Å². The van der Waals surface area contributed by atoms with Crippen molar-refractivity contribution in [2.45, 2.75) is 44.0 Å². The van der Waals surface area contributed by atoms with Crippen LogP contribution in [-0.2, 0) is 10.0 Å². The van der Waals surface area contributed by atoms with E-state index < -0.39 is 21.9 Å². The van der Waals surface area contributed by atoms with Crippen molar-refractivity contribution in [3.05, 3.63) is 77.6 Å². The Bertz CT molecular complexity index is 799. The van der Waals surface area contributed by atoms with Gasteiger partial charge in [0.2, 0.25) is 10.0 Å². The molecular formula is C20H24FNO2S. The Balaban J connectivity index is 2.32. The number of benzene rings is 2. The van der Waals surface area contributed by atoms with E-state index in [2.05, 4.69) is 4.72 Å². The van der Waals surface area contributed by atoms with Gasteiger partial charge in [-0.1, -0.05) is 67.4 Å². The van der Waals surface area contributed by atoms with E-state index in [4.69, 9.17) is 0 Å². The summed E-state index contributed by atoms with van der Waals surface area (Å²) in [6.07, 6.45) is 3.87. The third-order valence-electron chi connectivity index (χ3n) is 3.91. The average Bonchev–Trinajstić information content (AvgIpc) is 2.61. The summed E-state index contributed by atoms with van der Waals surface area (Å²) >= 11 is 0. The predicted octanol–water partition coefficient (Wildman–Crippen LogP) is 5.06. The van der Waals surface area contributed by atoms with Crippen LogP contribution in [0, 0.1) is 6.92 Å². The highest BCUT2D eigenvalue weighted by molar-refractivity contribution is 7.89. The highest BCUT2D eigenvalue weighted by atomic mass is 32.2. The molecule has 5 heteroatoms. The summed E-state index contributed by atoms with van der Waals surface area (Å²) in [6.45, 7) is 3.91. The van der Waals surface area contributed by atoms with E-state index in [1.165, 1.54) is 18.2 Å². The Morgan fingerprint density at radius 3 is 2.36 bits per heavy atom. The lowest BCUT2D eigenvalue weighted by atomic mass is 10.1. The van der Waals surface area contributed by atoms with Crippen molar-refractivity contribution in [3.63, 3.8) is 0 Å². The molecule has 0 aromatic heterocycles. The zero-order valence-electron chi connectivity index (χ0n) is 14.6. The van der Waals surface area contributed by atoms with Gasteiger partial charge in [0.15, 0.2) is 0 Å². The molecular weight excluding hydrogens is 337 g/mol. The Hall–Kier alpha value is -1.98. The van der Waals surface area contributed by atoms with Crippen LogP contribution in [0.1, 0.15) is 43.4 Å². The second-order valence-electron chi connectivity index (χ2n) is 6.01. The van der Waals surface area contributed by atoms with Gasteiger partial charge in [-0.25, -0.2) is 12.8 Å². The summed E-state index contributed by atoms with van der Waals surface area (Å²) < 4.78 is 42.5. The van der Waals surface area contributed by atoms with Crippen molar-refractivity contribution in [2.24, 2.45) is 0 Å². The third kappa shape index (κ3) is 5.51. The molecule has 3 nitrogen and oxygen atoms in total. The molecule has 1 atom stereocenters. The minimum Gasteiger partial charge on any atom is -0.210 e. The van der Waals surface area contributed by atoms with Crippen LogP contribution in [0.4, 0.5) is 4.39 Å². The number of hydrogen-bond donors (Lipinski definition) is 1. The van der Waals surface area contributed by atoms with Gasteiger partial charge in [0, 0.05) is 0 Å². The molecule has 0 aliphatic heterocycles. The van der Waals surface area contributed by atoms with Gasteiger partial charge >= 0.3 is 0 Å². The fourth-order valence-electron chi connectivity index (χ4n) is 2.43. The van der Waals surface area contributed by atoms with E-state index >= 15 is 0 Å². The first-order valence-electron chi connectivity index (χ1n) is 8.43. The first-order valence-corrected chi connectivity index (χ1v) is 9.92. The van der Waals surface area contributed by atoms with Gasteiger partial charge in [-0.05, 0) is 37.5 Å². The van der Waals surface area contributed by atoms with Crippen LogP contribution in [0.25, 0.3) is 0 Å². The zero-order chi connectivity index (χ0) is 18.3. The van der Waals surface area contributed by atoms with Crippen LogP contribution >= 0.6 is 0 Å². The number of rotatable bonds is 8. The second-order valence-corrected chi connectivity index (χ2v) is 7.72. The van der Waals surface area contributed by atoms with Crippen molar-refractivity contribution >= 4 is 10.0 Å². The monoisotopic (exact) mass is 361 g/mol. The number of aryl methyl sites for hydroxylation is 1. The summed E-state index contributed by atoms with van der Waals surface area (Å²) in [6, 6.07) is 14.3. The molecule has 2 aromatic carbocycles. The van der Waals surface area contributed by atoms with Crippen LogP contribution in [0.3, 0.4) is 0 Å². The summed E-state index contributed by atoms with van der Waals surface area (Å²) in [5.41, 5.74) is 1.53. The van der Waals surface area contributed by atoms with E-state index in [1.807, 2.05) is 19.9 Å². The number of nitrogens with one attached hydrogen (secondary N) is 1. The number of unbranched alkanes of at least 4 members (excludes halogenated alkanes) is 2. The molecule has 134 valence electrons. The van der Waals surface area contributed by atoms with Gasteiger partial charge in [-0.3, -0.25) is 0 Å². The highest BCUT2D eigenvalue weighted by Crippen LogP contribution is 2.26. The Morgan fingerprint density at radius 1 is 1.12 bits per heavy atom. The topological polar surface area (TPSA) is 46.2 Å². The normalized spacial score (nSPS) is 13.6. The van der Waals surface area contributed by atoms with Crippen molar-refractivity contribution in [3.8, 4) is 0 Å². The Labute approximate surface area is 149 Å². The maximum Gasteiger partial charge on any atom is 0.241 e. The molecule has 0 fully saturated rings.